The lowest BCUT2D eigenvalue weighted by molar-refractivity contribution is 0.453. The molecule has 1 aliphatic rings. The van der Waals surface area contributed by atoms with Crippen LogP contribution in [0.15, 0.2) is 18.5 Å². The second-order valence-corrected chi connectivity index (χ2v) is 5.16. The molecule has 20 heavy (non-hydrogen) atoms. The molecule has 0 atom stereocenters. The molecule has 0 aliphatic heterocycles. The molecule has 2 aromatic rings. The Bertz CT molecular complexity index is 645. The number of nitrogens with two attached hydrogens (primary N) is 1. The fraction of sp³-hybridized carbons (Fsp3) is 0.308. The zero-order chi connectivity index (χ0) is 14.1. The van der Waals surface area contributed by atoms with Crippen molar-refractivity contribution in [2.75, 3.05) is 5.43 Å². The molecule has 3 rings (SSSR count). The maximum absolute atomic E-state index is 5.89. The summed E-state index contributed by atoms with van der Waals surface area (Å²) in [6, 6.07) is 1.68. The zero-order valence-corrected chi connectivity index (χ0v) is 11.7. The minimum Gasteiger partial charge on any atom is -0.437 e. The predicted molar refractivity (Wildman–Crippen MR) is 75.9 cm³/mol. The Balaban J connectivity index is 1.97. The first kappa shape index (κ1) is 13.1. The number of hydrazine groups is 1. The van der Waals surface area contributed by atoms with Gasteiger partial charge in [0.15, 0.2) is 5.82 Å². The number of halogens is 1. The monoisotopic (exact) mass is 291 g/mol. The third kappa shape index (κ3) is 2.66. The lowest BCUT2D eigenvalue weighted by Crippen LogP contribution is -2.13. The van der Waals surface area contributed by atoms with E-state index in [2.05, 4.69) is 20.4 Å². The van der Waals surface area contributed by atoms with Crippen LogP contribution in [0.3, 0.4) is 0 Å². The quantitative estimate of drug-likeness (QED) is 0.665. The number of hydrogen-bond acceptors (Lipinski definition) is 6. The second kappa shape index (κ2) is 5.22. The van der Waals surface area contributed by atoms with Crippen LogP contribution < -0.4 is 16.0 Å². The van der Waals surface area contributed by atoms with Crippen LogP contribution in [-0.4, -0.2) is 15.0 Å². The molecule has 0 unspecified atom stereocenters. The van der Waals surface area contributed by atoms with Gasteiger partial charge < -0.3 is 10.2 Å². The Morgan fingerprint density at radius 2 is 2.15 bits per heavy atom. The number of rotatable bonds is 4. The summed E-state index contributed by atoms with van der Waals surface area (Å²) in [4.78, 5) is 12.9. The largest absolute Gasteiger partial charge is 0.437 e. The molecular weight excluding hydrogens is 278 g/mol. The van der Waals surface area contributed by atoms with Crippen LogP contribution in [0.2, 0.25) is 5.02 Å². The number of hydrogen-bond donors (Lipinski definition) is 2. The van der Waals surface area contributed by atoms with Crippen molar-refractivity contribution in [3.63, 3.8) is 0 Å². The van der Waals surface area contributed by atoms with Crippen molar-refractivity contribution >= 4 is 17.4 Å². The van der Waals surface area contributed by atoms with Crippen LogP contribution in [0.1, 0.15) is 30.1 Å². The van der Waals surface area contributed by atoms with Gasteiger partial charge in [0.05, 0.1) is 16.8 Å². The van der Waals surface area contributed by atoms with Crippen LogP contribution in [-0.2, 0) is 0 Å². The molecule has 104 valence electrons. The standard InChI is InChI=1S/C13H14ClN5O/c1-7-11(19-15)17-12(8-2-3-8)18-13(7)20-10-4-9(14)5-16-6-10/h4-6,8H,2-3,15H2,1H3,(H,17,18,19). The number of anilines is 1. The molecule has 6 nitrogen and oxygen atoms in total. The molecule has 1 aliphatic carbocycles. The van der Waals surface area contributed by atoms with E-state index in [1.807, 2.05) is 6.92 Å². The first-order valence-electron chi connectivity index (χ1n) is 6.31. The van der Waals surface area contributed by atoms with Crippen LogP contribution in [0, 0.1) is 6.92 Å². The van der Waals surface area contributed by atoms with E-state index in [0.29, 0.717) is 28.4 Å². The van der Waals surface area contributed by atoms with Crippen molar-refractivity contribution in [2.45, 2.75) is 25.7 Å². The minimum absolute atomic E-state index is 0.405. The van der Waals surface area contributed by atoms with Crippen LogP contribution >= 0.6 is 11.6 Å². The Morgan fingerprint density at radius 3 is 2.80 bits per heavy atom. The summed E-state index contributed by atoms with van der Waals surface area (Å²) in [5.41, 5.74) is 3.33. The number of nitrogens with one attached hydrogen (secondary N) is 1. The molecule has 1 fully saturated rings. The fourth-order valence-corrected chi connectivity index (χ4v) is 2.00. The predicted octanol–water partition coefficient (Wildman–Crippen LogP) is 2.79. The zero-order valence-electron chi connectivity index (χ0n) is 10.9. The Morgan fingerprint density at radius 1 is 1.35 bits per heavy atom. The van der Waals surface area contributed by atoms with Gasteiger partial charge in [-0.3, -0.25) is 4.98 Å². The Labute approximate surface area is 121 Å². The van der Waals surface area contributed by atoms with Gasteiger partial charge in [-0.15, -0.1) is 0 Å². The SMILES string of the molecule is Cc1c(NN)nc(C2CC2)nc1Oc1cncc(Cl)c1. The van der Waals surface area contributed by atoms with E-state index < -0.39 is 0 Å². The van der Waals surface area contributed by atoms with Gasteiger partial charge >= 0.3 is 0 Å². The lowest BCUT2D eigenvalue weighted by atomic mass is 10.3. The Kier molecular flexibility index (Phi) is 3.42. The highest BCUT2D eigenvalue weighted by Crippen LogP contribution is 2.40. The van der Waals surface area contributed by atoms with Gasteiger partial charge in [0.25, 0.3) is 0 Å². The summed E-state index contributed by atoms with van der Waals surface area (Å²) in [7, 11) is 0. The van der Waals surface area contributed by atoms with E-state index in [-0.39, 0.29) is 0 Å². The van der Waals surface area contributed by atoms with E-state index in [0.717, 1.165) is 24.2 Å². The van der Waals surface area contributed by atoms with Crippen molar-refractivity contribution in [3.05, 3.63) is 34.9 Å². The Hall–Kier alpha value is -1.92. The molecule has 1 saturated carbocycles. The molecule has 0 radical (unpaired) electrons. The van der Waals surface area contributed by atoms with E-state index in [1.165, 1.54) is 0 Å². The van der Waals surface area contributed by atoms with Gasteiger partial charge in [0.1, 0.15) is 11.6 Å². The van der Waals surface area contributed by atoms with Gasteiger partial charge in [-0.25, -0.2) is 10.8 Å². The lowest BCUT2D eigenvalue weighted by Gasteiger charge is -2.12. The number of pyridine rings is 1. The van der Waals surface area contributed by atoms with Crippen molar-refractivity contribution in [1.29, 1.82) is 0 Å². The average Bonchev–Trinajstić information content (AvgIpc) is 3.25. The highest BCUT2D eigenvalue weighted by molar-refractivity contribution is 6.30. The number of ether oxygens (including phenoxy) is 1. The molecule has 0 bridgehead atoms. The fourth-order valence-electron chi connectivity index (χ4n) is 1.84. The van der Waals surface area contributed by atoms with Crippen molar-refractivity contribution in [1.82, 2.24) is 15.0 Å². The van der Waals surface area contributed by atoms with Gasteiger partial charge in [0.2, 0.25) is 5.88 Å². The number of nitrogen functional groups attached to an aromatic ring is 1. The maximum atomic E-state index is 5.89. The van der Waals surface area contributed by atoms with Gasteiger partial charge in [0, 0.05) is 18.2 Å². The minimum atomic E-state index is 0.405. The van der Waals surface area contributed by atoms with Crippen LogP contribution in [0.5, 0.6) is 11.6 Å². The molecule has 0 aromatic carbocycles. The van der Waals surface area contributed by atoms with E-state index >= 15 is 0 Å². The summed E-state index contributed by atoms with van der Waals surface area (Å²) in [6.45, 7) is 1.85. The van der Waals surface area contributed by atoms with Crippen molar-refractivity contribution in [2.24, 2.45) is 5.84 Å². The third-order valence-electron chi connectivity index (χ3n) is 3.09. The summed E-state index contributed by atoms with van der Waals surface area (Å²) >= 11 is 5.89. The molecule has 2 aromatic heterocycles. The van der Waals surface area contributed by atoms with E-state index in [4.69, 9.17) is 22.2 Å². The highest BCUT2D eigenvalue weighted by atomic mass is 35.5. The second-order valence-electron chi connectivity index (χ2n) is 4.72. The van der Waals surface area contributed by atoms with Crippen LogP contribution in [0.4, 0.5) is 5.82 Å². The average molecular weight is 292 g/mol. The normalized spacial score (nSPS) is 14.2. The molecule has 7 heteroatoms. The number of nitrogens with zero attached hydrogens (tertiary/aromatic N) is 3. The van der Waals surface area contributed by atoms with Crippen molar-refractivity contribution in [3.8, 4) is 11.6 Å². The maximum Gasteiger partial charge on any atom is 0.227 e. The van der Waals surface area contributed by atoms with Crippen molar-refractivity contribution < 1.29 is 4.74 Å². The van der Waals surface area contributed by atoms with E-state index in [1.54, 1.807) is 18.5 Å². The molecule has 0 amide bonds. The summed E-state index contributed by atoms with van der Waals surface area (Å²) in [5, 5.41) is 0.508. The van der Waals surface area contributed by atoms with E-state index in [9.17, 15) is 0 Å². The molecule has 0 spiro atoms. The highest BCUT2D eigenvalue weighted by Gasteiger charge is 2.28. The first-order valence-corrected chi connectivity index (χ1v) is 6.68. The number of aromatic nitrogens is 3. The summed E-state index contributed by atoms with van der Waals surface area (Å²) < 4.78 is 5.76. The molecule has 2 heterocycles. The van der Waals surface area contributed by atoms with Gasteiger partial charge in [-0.2, -0.15) is 4.98 Å². The topological polar surface area (TPSA) is 86.0 Å². The summed E-state index contributed by atoms with van der Waals surface area (Å²) in [6.07, 6.45) is 5.33. The third-order valence-corrected chi connectivity index (χ3v) is 3.30. The van der Waals surface area contributed by atoms with Gasteiger partial charge in [-0.1, -0.05) is 11.6 Å². The summed E-state index contributed by atoms with van der Waals surface area (Å²) in [5.74, 6) is 8.24. The van der Waals surface area contributed by atoms with Crippen LogP contribution in [0.25, 0.3) is 0 Å². The smallest absolute Gasteiger partial charge is 0.227 e. The molecule has 0 saturated heterocycles. The van der Waals surface area contributed by atoms with Gasteiger partial charge in [-0.05, 0) is 19.8 Å². The molecule has 3 N–H and O–H groups in total. The first-order chi connectivity index (χ1) is 9.67. The molecular formula is C13H14ClN5O.